The zero-order valence-electron chi connectivity index (χ0n) is 9.76. The van der Waals surface area contributed by atoms with Crippen LogP contribution in [0.4, 0.5) is 0 Å². The summed E-state index contributed by atoms with van der Waals surface area (Å²) in [5, 5.41) is 11.9. The Morgan fingerprint density at radius 2 is 2.06 bits per heavy atom. The second-order valence-electron chi connectivity index (χ2n) is 3.97. The molecule has 2 aromatic heterocycles. The van der Waals surface area contributed by atoms with Gasteiger partial charge in [-0.3, -0.25) is 0 Å². The first-order chi connectivity index (χ1) is 8.78. The van der Waals surface area contributed by atoms with Crippen LogP contribution in [0.2, 0.25) is 0 Å². The highest BCUT2D eigenvalue weighted by Gasteiger charge is 2.14. The number of hydrogen-bond donors (Lipinski definition) is 0. The number of nitrogens with zero attached hydrogens (tertiary/aromatic N) is 2. The number of thiophene rings is 1. The van der Waals surface area contributed by atoms with Gasteiger partial charge in [-0.2, -0.15) is 0 Å². The van der Waals surface area contributed by atoms with E-state index in [-0.39, 0.29) is 0 Å². The fourth-order valence-corrected chi connectivity index (χ4v) is 4.10. The first-order valence-corrected chi connectivity index (χ1v) is 8.29. The fourth-order valence-electron chi connectivity index (χ4n) is 1.72. The molecule has 0 N–H and O–H groups in total. The van der Waals surface area contributed by atoms with Crippen molar-refractivity contribution in [3.8, 4) is 9.88 Å². The number of benzene rings is 1. The minimum atomic E-state index is 0.318. The van der Waals surface area contributed by atoms with Crippen molar-refractivity contribution in [2.75, 3.05) is 0 Å². The van der Waals surface area contributed by atoms with Gasteiger partial charge in [-0.25, -0.2) is 0 Å². The molecule has 1 atom stereocenters. The summed E-state index contributed by atoms with van der Waals surface area (Å²) >= 11 is 7.07. The van der Waals surface area contributed by atoms with E-state index in [1.807, 2.05) is 0 Å². The third-order valence-corrected chi connectivity index (χ3v) is 6.41. The molecule has 0 saturated heterocycles. The molecule has 1 aromatic carbocycles. The largest absolute Gasteiger partial charge is 0.157 e. The fraction of sp³-hybridized carbons (Fsp3) is 0.231. The van der Waals surface area contributed by atoms with Crippen LogP contribution in [-0.4, -0.2) is 10.2 Å². The third-order valence-electron chi connectivity index (χ3n) is 2.70. The van der Waals surface area contributed by atoms with E-state index in [9.17, 15) is 0 Å². The van der Waals surface area contributed by atoms with Gasteiger partial charge in [-0.1, -0.05) is 52.4 Å². The minimum Gasteiger partial charge on any atom is -0.142 e. The van der Waals surface area contributed by atoms with E-state index in [1.165, 1.54) is 15.0 Å². The van der Waals surface area contributed by atoms with Crippen LogP contribution in [0.25, 0.3) is 20.0 Å². The van der Waals surface area contributed by atoms with Crippen LogP contribution in [0, 0.1) is 0 Å². The maximum atomic E-state index is 4.30. The summed E-state index contributed by atoms with van der Waals surface area (Å²) in [7, 11) is 0. The van der Waals surface area contributed by atoms with Crippen molar-refractivity contribution in [1.82, 2.24) is 10.2 Å². The molecule has 1 unspecified atom stereocenters. The van der Waals surface area contributed by atoms with Crippen LogP contribution in [0.1, 0.15) is 23.2 Å². The molecular weight excluding hydrogens is 328 g/mol. The number of halogens is 1. The highest BCUT2D eigenvalue weighted by Crippen LogP contribution is 2.37. The molecule has 0 spiro atoms. The van der Waals surface area contributed by atoms with Crippen LogP contribution in [0.3, 0.4) is 0 Å². The van der Waals surface area contributed by atoms with Gasteiger partial charge < -0.3 is 0 Å². The number of rotatable bonds is 3. The lowest BCUT2D eigenvalue weighted by Crippen LogP contribution is -1.84. The SMILES string of the molecule is CCC(Br)c1nnc(-c2cc3ccccc3s2)s1. The molecule has 5 heteroatoms. The van der Waals surface area contributed by atoms with Crippen LogP contribution in [0.5, 0.6) is 0 Å². The zero-order chi connectivity index (χ0) is 12.5. The molecule has 18 heavy (non-hydrogen) atoms. The van der Waals surface area contributed by atoms with Gasteiger partial charge in [0, 0.05) is 4.70 Å². The molecule has 0 radical (unpaired) electrons. The predicted molar refractivity (Wildman–Crippen MR) is 82.7 cm³/mol. The monoisotopic (exact) mass is 338 g/mol. The van der Waals surface area contributed by atoms with E-state index < -0.39 is 0 Å². The molecule has 3 rings (SSSR count). The van der Waals surface area contributed by atoms with E-state index in [2.05, 4.69) is 63.4 Å². The van der Waals surface area contributed by atoms with Gasteiger partial charge in [-0.15, -0.1) is 21.5 Å². The topological polar surface area (TPSA) is 25.8 Å². The Kier molecular flexibility index (Phi) is 3.46. The normalized spacial score (nSPS) is 13.0. The van der Waals surface area contributed by atoms with Crippen LogP contribution >= 0.6 is 38.6 Å². The number of hydrogen-bond acceptors (Lipinski definition) is 4. The molecule has 0 aliphatic rings. The van der Waals surface area contributed by atoms with Crippen molar-refractivity contribution in [3.05, 3.63) is 35.3 Å². The highest BCUT2D eigenvalue weighted by molar-refractivity contribution is 9.09. The van der Waals surface area contributed by atoms with E-state index in [4.69, 9.17) is 0 Å². The molecule has 0 aliphatic heterocycles. The minimum absolute atomic E-state index is 0.318. The van der Waals surface area contributed by atoms with Crippen molar-refractivity contribution < 1.29 is 0 Å². The maximum absolute atomic E-state index is 4.30. The average Bonchev–Trinajstić information content (AvgIpc) is 3.03. The standard InChI is InChI=1S/C13H11BrN2S2/c1-2-9(14)12-15-16-13(18-12)11-7-8-5-3-4-6-10(8)17-11/h3-7,9H,2H2,1H3. The lowest BCUT2D eigenvalue weighted by atomic mass is 10.2. The Morgan fingerprint density at radius 1 is 1.22 bits per heavy atom. The summed E-state index contributed by atoms with van der Waals surface area (Å²) in [6.07, 6.45) is 1.03. The molecule has 0 bridgehead atoms. The van der Waals surface area contributed by atoms with E-state index in [0.29, 0.717) is 4.83 Å². The Labute approximate surface area is 122 Å². The summed E-state index contributed by atoms with van der Waals surface area (Å²) in [4.78, 5) is 1.52. The Hall–Kier alpha value is -0.780. The van der Waals surface area contributed by atoms with Crippen molar-refractivity contribution >= 4 is 48.7 Å². The van der Waals surface area contributed by atoms with Gasteiger partial charge in [0.25, 0.3) is 0 Å². The average molecular weight is 339 g/mol. The Balaban J connectivity index is 2.01. The molecule has 3 aromatic rings. The van der Waals surface area contributed by atoms with Gasteiger partial charge >= 0.3 is 0 Å². The van der Waals surface area contributed by atoms with Gasteiger partial charge in [-0.05, 0) is 23.9 Å². The smallest absolute Gasteiger partial charge is 0.142 e. The Morgan fingerprint density at radius 3 is 2.83 bits per heavy atom. The van der Waals surface area contributed by atoms with E-state index >= 15 is 0 Å². The zero-order valence-corrected chi connectivity index (χ0v) is 13.0. The van der Waals surface area contributed by atoms with Gasteiger partial charge in [0.1, 0.15) is 5.01 Å². The number of alkyl halides is 1. The van der Waals surface area contributed by atoms with Crippen molar-refractivity contribution in [1.29, 1.82) is 0 Å². The maximum Gasteiger partial charge on any atom is 0.157 e. The quantitative estimate of drug-likeness (QED) is 0.608. The van der Waals surface area contributed by atoms with Crippen molar-refractivity contribution in [3.63, 3.8) is 0 Å². The number of aromatic nitrogens is 2. The third kappa shape index (κ3) is 2.22. The van der Waals surface area contributed by atoms with Crippen LogP contribution < -0.4 is 0 Å². The molecular formula is C13H11BrN2S2. The summed E-state index contributed by atoms with van der Waals surface area (Å²) in [5.41, 5.74) is 0. The second kappa shape index (κ2) is 5.07. The molecule has 0 amide bonds. The summed E-state index contributed by atoms with van der Waals surface area (Å²) < 4.78 is 1.30. The molecule has 0 fully saturated rings. The molecule has 92 valence electrons. The second-order valence-corrected chi connectivity index (χ2v) is 7.17. The molecule has 0 aliphatic carbocycles. The lowest BCUT2D eigenvalue weighted by Gasteiger charge is -1.97. The van der Waals surface area contributed by atoms with Crippen LogP contribution in [0.15, 0.2) is 30.3 Å². The summed E-state index contributed by atoms with van der Waals surface area (Å²) in [5.74, 6) is 0. The van der Waals surface area contributed by atoms with Gasteiger partial charge in [0.15, 0.2) is 5.01 Å². The van der Waals surface area contributed by atoms with Gasteiger partial charge in [0.05, 0.1) is 9.70 Å². The van der Waals surface area contributed by atoms with E-state index in [1.54, 1.807) is 22.7 Å². The highest BCUT2D eigenvalue weighted by atomic mass is 79.9. The van der Waals surface area contributed by atoms with Crippen molar-refractivity contribution in [2.24, 2.45) is 0 Å². The summed E-state index contributed by atoms with van der Waals surface area (Å²) in [6.45, 7) is 2.14. The van der Waals surface area contributed by atoms with Gasteiger partial charge in [0.2, 0.25) is 0 Å². The lowest BCUT2D eigenvalue weighted by molar-refractivity contribution is 0.870. The van der Waals surface area contributed by atoms with Crippen LogP contribution in [-0.2, 0) is 0 Å². The molecule has 2 heterocycles. The summed E-state index contributed by atoms with van der Waals surface area (Å²) in [6, 6.07) is 10.6. The predicted octanol–water partition coefficient (Wildman–Crippen LogP) is 5.27. The van der Waals surface area contributed by atoms with E-state index in [0.717, 1.165) is 16.4 Å². The first kappa shape index (κ1) is 12.3. The molecule has 0 saturated carbocycles. The molecule has 2 nitrogen and oxygen atoms in total. The number of fused-ring (bicyclic) bond motifs is 1. The first-order valence-electron chi connectivity index (χ1n) is 5.74. The van der Waals surface area contributed by atoms with Crippen molar-refractivity contribution in [2.45, 2.75) is 18.2 Å². The Bertz CT molecular complexity index is 641.